The standard InChI is InChI=1S/C16H21N3O4/c1-16(14(21)22)8-10-19(11-16)15(23)17-9-7-13(20)18-12-5-3-2-4-6-12/h2-6H,7-11H2,1H3,(H,17,23)(H,18,20)(H,21,22). The summed E-state index contributed by atoms with van der Waals surface area (Å²) in [6.45, 7) is 2.43. The van der Waals surface area contributed by atoms with Gasteiger partial charge in [-0.25, -0.2) is 4.79 Å². The minimum atomic E-state index is -0.893. The van der Waals surface area contributed by atoms with Crippen molar-refractivity contribution in [3.8, 4) is 0 Å². The molecule has 1 aromatic rings. The third-order valence-corrected chi connectivity index (χ3v) is 3.96. The topological polar surface area (TPSA) is 98.7 Å². The quantitative estimate of drug-likeness (QED) is 0.766. The number of nitrogens with zero attached hydrogens (tertiary/aromatic N) is 1. The number of nitrogens with one attached hydrogen (secondary N) is 2. The fourth-order valence-corrected chi connectivity index (χ4v) is 2.45. The molecule has 1 aliphatic heterocycles. The van der Waals surface area contributed by atoms with Crippen molar-refractivity contribution in [2.45, 2.75) is 19.8 Å². The van der Waals surface area contributed by atoms with Crippen LogP contribution in [0.15, 0.2) is 30.3 Å². The van der Waals surface area contributed by atoms with Crippen LogP contribution in [0.2, 0.25) is 0 Å². The lowest BCUT2D eigenvalue weighted by Gasteiger charge is -2.20. The number of carbonyl (C=O) groups is 3. The molecule has 1 aliphatic rings. The van der Waals surface area contributed by atoms with E-state index in [9.17, 15) is 14.4 Å². The van der Waals surface area contributed by atoms with Gasteiger partial charge in [0.2, 0.25) is 5.91 Å². The molecule has 7 nitrogen and oxygen atoms in total. The van der Waals surface area contributed by atoms with E-state index in [-0.39, 0.29) is 31.4 Å². The van der Waals surface area contributed by atoms with Crippen molar-refractivity contribution in [1.82, 2.24) is 10.2 Å². The fourth-order valence-electron chi connectivity index (χ4n) is 2.45. The smallest absolute Gasteiger partial charge is 0.317 e. The van der Waals surface area contributed by atoms with E-state index in [1.165, 1.54) is 4.90 Å². The molecular weight excluding hydrogens is 298 g/mol. The van der Waals surface area contributed by atoms with E-state index >= 15 is 0 Å². The number of hydrogen-bond acceptors (Lipinski definition) is 3. The Morgan fingerprint density at radius 2 is 1.96 bits per heavy atom. The highest BCUT2D eigenvalue weighted by molar-refractivity contribution is 5.91. The number of carboxylic acid groups (broad SMARTS) is 1. The first kappa shape index (κ1) is 16.8. The van der Waals surface area contributed by atoms with Gasteiger partial charge in [0.25, 0.3) is 0 Å². The number of rotatable bonds is 5. The Labute approximate surface area is 134 Å². The monoisotopic (exact) mass is 319 g/mol. The van der Waals surface area contributed by atoms with Gasteiger partial charge in [-0.3, -0.25) is 9.59 Å². The van der Waals surface area contributed by atoms with E-state index in [4.69, 9.17) is 5.11 Å². The van der Waals surface area contributed by atoms with Crippen molar-refractivity contribution in [2.24, 2.45) is 5.41 Å². The molecule has 1 saturated heterocycles. The zero-order valence-corrected chi connectivity index (χ0v) is 13.0. The Bertz CT molecular complexity index is 590. The summed E-state index contributed by atoms with van der Waals surface area (Å²) in [7, 11) is 0. The van der Waals surface area contributed by atoms with Crippen LogP contribution in [0.1, 0.15) is 19.8 Å². The molecule has 7 heteroatoms. The molecule has 1 aromatic carbocycles. The Kier molecular flexibility index (Phi) is 5.20. The number of likely N-dealkylation sites (tertiary alicyclic amines) is 1. The molecule has 23 heavy (non-hydrogen) atoms. The van der Waals surface area contributed by atoms with Gasteiger partial charge in [0.05, 0.1) is 5.41 Å². The van der Waals surface area contributed by atoms with Crippen molar-refractivity contribution >= 4 is 23.6 Å². The zero-order valence-electron chi connectivity index (χ0n) is 13.0. The van der Waals surface area contributed by atoms with Crippen molar-refractivity contribution < 1.29 is 19.5 Å². The molecule has 1 heterocycles. The van der Waals surface area contributed by atoms with Crippen LogP contribution in [0.3, 0.4) is 0 Å². The number of anilines is 1. The molecule has 0 radical (unpaired) electrons. The summed E-state index contributed by atoms with van der Waals surface area (Å²) in [5, 5.41) is 14.5. The summed E-state index contributed by atoms with van der Waals surface area (Å²) in [5.41, 5.74) is -0.178. The highest BCUT2D eigenvalue weighted by Crippen LogP contribution is 2.29. The van der Waals surface area contributed by atoms with Crippen molar-refractivity contribution in [2.75, 3.05) is 25.0 Å². The molecule has 3 N–H and O–H groups in total. The van der Waals surface area contributed by atoms with E-state index < -0.39 is 11.4 Å². The average Bonchev–Trinajstić information content (AvgIpc) is 2.92. The van der Waals surface area contributed by atoms with Gasteiger partial charge in [0.1, 0.15) is 0 Å². The molecule has 1 fully saturated rings. The van der Waals surface area contributed by atoms with Gasteiger partial charge in [0, 0.05) is 31.7 Å². The zero-order chi connectivity index (χ0) is 16.9. The maximum atomic E-state index is 12.0. The molecular formula is C16H21N3O4. The van der Waals surface area contributed by atoms with E-state index in [1.807, 2.05) is 18.2 Å². The predicted molar refractivity (Wildman–Crippen MR) is 85.0 cm³/mol. The number of benzene rings is 1. The highest BCUT2D eigenvalue weighted by Gasteiger charge is 2.42. The lowest BCUT2D eigenvalue weighted by molar-refractivity contribution is -0.147. The van der Waals surface area contributed by atoms with Crippen LogP contribution >= 0.6 is 0 Å². The Morgan fingerprint density at radius 1 is 1.26 bits per heavy atom. The fraction of sp³-hybridized carbons (Fsp3) is 0.438. The van der Waals surface area contributed by atoms with Crippen LogP contribution in [0.5, 0.6) is 0 Å². The van der Waals surface area contributed by atoms with E-state index in [0.717, 1.165) is 0 Å². The van der Waals surface area contributed by atoms with Crippen LogP contribution in [-0.4, -0.2) is 47.5 Å². The molecule has 1 atom stereocenters. The average molecular weight is 319 g/mol. The van der Waals surface area contributed by atoms with Gasteiger partial charge in [-0.2, -0.15) is 0 Å². The number of carbonyl (C=O) groups excluding carboxylic acids is 2. The van der Waals surface area contributed by atoms with Crippen LogP contribution in [-0.2, 0) is 9.59 Å². The summed E-state index contributed by atoms with van der Waals surface area (Å²) in [4.78, 5) is 36.4. The first-order valence-corrected chi connectivity index (χ1v) is 7.52. The summed E-state index contributed by atoms with van der Waals surface area (Å²) >= 11 is 0. The molecule has 0 bridgehead atoms. The van der Waals surface area contributed by atoms with Crippen molar-refractivity contribution in [3.63, 3.8) is 0 Å². The predicted octanol–water partition coefficient (Wildman–Crippen LogP) is 1.52. The van der Waals surface area contributed by atoms with E-state index in [2.05, 4.69) is 10.6 Å². The summed E-state index contributed by atoms with van der Waals surface area (Å²) in [6, 6.07) is 8.74. The second-order valence-electron chi connectivity index (χ2n) is 5.93. The summed E-state index contributed by atoms with van der Waals surface area (Å²) in [6.07, 6.45) is 0.592. The Balaban J connectivity index is 1.71. The molecule has 124 valence electrons. The molecule has 0 spiro atoms. The van der Waals surface area contributed by atoms with Crippen molar-refractivity contribution in [3.05, 3.63) is 30.3 Å². The van der Waals surface area contributed by atoms with Crippen LogP contribution < -0.4 is 10.6 Å². The third-order valence-electron chi connectivity index (χ3n) is 3.96. The van der Waals surface area contributed by atoms with Crippen LogP contribution in [0.4, 0.5) is 10.5 Å². The highest BCUT2D eigenvalue weighted by atomic mass is 16.4. The first-order chi connectivity index (χ1) is 10.9. The van der Waals surface area contributed by atoms with E-state index in [0.29, 0.717) is 18.7 Å². The van der Waals surface area contributed by atoms with E-state index in [1.54, 1.807) is 19.1 Å². The molecule has 0 saturated carbocycles. The lowest BCUT2D eigenvalue weighted by atomic mass is 9.90. The van der Waals surface area contributed by atoms with Crippen molar-refractivity contribution in [1.29, 1.82) is 0 Å². The van der Waals surface area contributed by atoms with Gasteiger partial charge < -0.3 is 20.6 Å². The van der Waals surface area contributed by atoms with Gasteiger partial charge >= 0.3 is 12.0 Å². The molecule has 2 rings (SSSR count). The first-order valence-electron chi connectivity index (χ1n) is 7.52. The number of aliphatic carboxylic acids is 1. The number of amides is 3. The number of carboxylic acids is 1. The van der Waals surface area contributed by atoms with Gasteiger partial charge in [-0.15, -0.1) is 0 Å². The normalized spacial score (nSPS) is 20.1. The molecule has 0 aromatic heterocycles. The molecule has 1 unspecified atom stereocenters. The minimum absolute atomic E-state index is 0.157. The maximum absolute atomic E-state index is 12.0. The summed E-state index contributed by atoms with van der Waals surface area (Å²) in [5.74, 6) is -1.08. The second kappa shape index (κ2) is 7.13. The molecule has 0 aliphatic carbocycles. The van der Waals surface area contributed by atoms with Crippen LogP contribution in [0, 0.1) is 5.41 Å². The number of para-hydroxylation sites is 1. The maximum Gasteiger partial charge on any atom is 0.317 e. The van der Waals surface area contributed by atoms with Crippen LogP contribution in [0.25, 0.3) is 0 Å². The minimum Gasteiger partial charge on any atom is -0.481 e. The van der Waals surface area contributed by atoms with Gasteiger partial charge in [-0.05, 0) is 25.5 Å². The van der Waals surface area contributed by atoms with Gasteiger partial charge in [-0.1, -0.05) is 18.2 Å². The number of urea groups is 1. The summed E-state index contributed by atoms with van der Waals surface area (Å²) < 4.78 is 0. The molecule has 3 amide bonds. The Hall–Kier alpha value is -2.57. The Morgan fingerprint density at radius 3 is 2.57 bits per heavy atom. The largest absolute Gasteiger partial charge is 0.481 e. The lowest BCUT2D eigenvalue weighted by Crippen LogP contribution is -2.41. The SMILES string of the molecule is CC1(C(=O)O)CCN(C(=O)NCCC(=O)Nc2ccccc2)C1. The third kappa shape index (κ3) is 4.45. The van der Waals surface area contributed by atoms with Gasteiger partial charge in [0.15, 0.2) is 0 Å². The second-order valence-corrected chi connectivity index (χ2v) is 5.93. The number of hydrogen-bond donors (Lipinski definition) is 3.